The smallest absolute Gasteiger partial charge is 0.326 e. The van der Waals surface area contributed by atoms with Gasteiger partial charge in [-0.15, -0.1) is 0 Å². The number of imidazole rings is 1. The van der Waals surface area contributed by atoms with Crippen LogP contribution < -0.4 is 10.4 Å². The van der Waals surface area contributed by atoms with Crippen LogP contribution in [0.25, 0.3) is 11.0 Å². The number of carbonyl (C=O) groups excluding carboxylic acids is 1. The Bertz CT molecular complexity index is 1010. The molecule has 140 valence electrons. The molecule has 2 heterocycles. The van der Waals surface area contributed by atoms with Crippen molar-refractivity contribution in [3.63, 3.8) is 0 Å². The maximum atomic E-state index is 12.9. The summed E-state index contributed by atoms with van der Waals surface area (Å²) in [4.78, 5) is 30.1. The molecule has 4 rings (SSSR count). The number of piperidine rings is 1. The molecule has 0 unspecified atom stereocenters. The van der Waals surface area contributed by atoms with Gasteiger partial charge in [-0.3, -0.25) is 9.36 Å². The number of amides is 1. The van der Waals surface area contributed by atoms with Gasteiger partial charge in [-0.05, 0) is 44.0 Å². The van der Waals surface area contributed by atoms with Gasteiger partial charge in [0.15, 0.2) is 0 Å². The number of ether oxygens (including phenoxy) is 1. The highest BCUT2D eigenvalue weighted by Crippen LogP contribution is 2.27. The number of carbonyl (C=O) groups is 1. The Balaban J connectivity index is 1.51. The predicted octanol–water partition coefficient (Wildman–Crippen LogP) is 3.21. The van der Waals surface area contributed by atoms with Gasteiger partial charge in [0.1, 0.15) is 5.75 Å². The Labute approximate surface area is 157 Å². The molecule has 1 fully saturated rings. The normalized spacial score (nSPS) is 15.2. The lowest BCUT2D eigenvalue weighted by Gasteiger charge is -2.33. The SMILES string of the molecule is CCOc1ccccc1C(=O)N1CCC(n2c(=O)[nH]c3ccccc32)CC1. The number of hydrogen-bond acceptors (Lipinski definition) is 3. The first-order valence-corrected chi connectivity index (χ1v) is 9.39. The van der Waals surface area contributed by atoms with Crippen LogP contribution in [0.4, 0.5) is 0 Å². The zero-order valence-electron chi connectivity index (χ0n) is 15.4. The van der Waals surface area contributed by atoms with E-state index >= 15 is 0 Å². The maximum Gasteiger partial charge on any atom is 0.326 e. The van der Waals surface area contributed by atoms with E-state index in [9.17, 15) is 9.59 Å². The van der Waals surface area contributed by atoms with E-state index in [-0.39, 0.29) is 17.6 Å². The van der Waals surface area contributed by atoms with E-state index < -0.39 is 0 Å². The Morgan fingerprint density at radius 2 is 1.81 bits per heavy atom. The number of H-pyrrole nitrogens is 1. The predicted molar refractivity (Wildman–Crippen MR) is 104 cm³/mol. The van der Waals surface area contributed by atoms with E-state index in [1.807, 2.05) is 64.9 Å². The number of rotatable bonds is 4. The molecule has 0 atom stereocenters. The molecule has 0 radical (unpaired) electrons. The molecular weight excluding hydrogens is 342 g/mol. The summed E-state index contributed by atoms with van der Waals surface area (Å²) in [6, 6.07) is 15.2. The quantitative estimate of drug-likeness (QED) is 0.772. The fraction of sp³-hybridized carbons (Fsp3) is 0.333. The summed E-state index contributed by atoms with van der Waals surface area (Å²) in [7, 11) is 0. The Morgan fingerprint density at radius 3 is 2.59 bits per heavy atom. The minimum atomic E-state index is -0.0809. The molecular formula is C21H23N3O3. The number of para-hydroxylation sites is 3. The Kier molecular flexibility index (Phi) is 4.71. The summed E-state index contributed by atoms with van der Waals surface area (Å²) >= 11 is 0. The second-order valence-corrected chi connectivity index (χ2v) is 6.77. The molecule has 6 nitrogen and oxygen atoms in total. The number of aromatic amines is 1. The summed E-state index contributed by atoms with van der Waals surface area (Å²) in [6.07, 6.45) is 1.51. The average Bonchev–Trinajstić information content (AvgIpc) is 3.04. The van der Waals surface area contributed by atoms with Gasteiger partial charge in [0.2, 0.25) is 0 Å². The highest BCUT2D eigenvalue weighted by Gasteiger charge is 2.27. The summed E-state index contributed by atoms with van der Waals surface area (Å²) in [6.45, 7) is 3.67. The van der Waals surface area contributed by atoms with Gasteiger partial charge >= 0.3 is 5.69 Å². The third kappa shape index (κ3) is 3.23. The number of nitrogens with one attached hydrogen (secondary N) is 1. The molecule has 1 N–H and O–H groups in total. The minimum Gasteiger partial charge on any atom is -0.493 e. The number of likely N-dealkylation sites (tertiary alicyclic amines) is 1. The van der Waals surface area contributed by atoms with Gasteiger partial charge in [-0.1, -0.05) is 24.3 Å². The van der Waals surface area contributed by atoms with Crippen molar-refractivity contribution < 1.29 is 9.53 Å². The third-order valence-corrected chi connectivity index (χ3v) is 5.16. The van der Waals surface area contributed by atoms with Crippen LogP contribution in [0.5, 0.6) is 5.75 Å². The van der Waals surface area contributed by atoms with Gasteiger partial charge in [0, 0.05) is 19.1 Å². The summed E-state index contributed by atoms with van der Waals surface area (Å²) in [5.74, 6) is 0.615. The van der Waals surface area contributed by atoms with E-state index in [2.05, 4.69) is 4.98 Å². The van der Waals surface area contributed by atoms with E-state index in [1.165, 1.54) is 0 Å². The van der Waals surface area contributed by atoms with Crippen LogP contribution in [0.15, 0.2) is 53.3 Å². The molecule has 1 aromatic heterocycles. The van der Waals surface area contributed by atoms with Gasteiger partial charge < -0.3 is 14.6 Å². The van der Waals surface area contributed by atoms with Gasteiger partial charge in [-0.25, -0.2) is 4.79 Å². The fourth-order valence-corrected chi connectivity index (χ4v) is 3.86. The molecule has 2 aromatic carbocycles. The zero-order valence-corrected chi connectivity index (χ0v) is 15.4. The van der Waals surface area contributed by atoms with Crippen LogP contribution in [0, 0.1) is 0 Å². The van der Waals surface area contributed by atoms with Gasteiger partial charge in [0.05, 0.1) is 23.2 Å². The van der Waals surface area contributed by atoms with Crippen molar-refractivity contribution in [2.75, 3.05) is 19.7 Å². The molecule has 1 amide bonds. The van der Waals surface area contributed by atoms with Gasteiger partial charge in [0.25, 0.3) is 5.91 Å². The van der Waals surface area contributed by atoms with Crippen LogP contribution in [0.2, 0.25) is 0 Å². The first kappa shape index (κ1) is 17.4. The summed E-state index contributed by atoms with van der Waals surface area (Å²) in [5.41, 5.74) is 2.30. The largest absolute Gasteiger partial charge is 0.493 e. The highest BCUT2D eigenvalue weighted by molar-refractivity contribution is 5.97. The number of benzene rings is 2. The second kappa shape index (κ2) is 7.31. The summed E-state index contributed by atoms with van der Waals surface area (Å²) < 4.78 is 7.43. The molecule has 6 heteroatoms. The topological polar surface area (TPSA) is 67.3 Å². The third-order valence-electron chi connectivity index (χ3n) is 5.16. The second-order valence-electron chi connectivity index (χ2n) is 6.77. The van der Waals surface area contributed by atoms with E-state index in [1.54, 1.807) is 0 Å². The fourth-order valence-electron chi connectivity index (χ4n) is 3.86. The number of fused-ring (bicyclic) bond motifs is 1. The lowest BCUT2D eigenvalue weighted by atomic mass is 10.0. The monoisotopic (exact) mass is 365 g/mol. The van der Waals surface area contributed by atoms with Crippen molar-refractivity contribution in [1.82, 2.24) is 14.5 Å². The molecule has 0 aliphatic carbocycles. The molecule has 0 spiro atoms. The van der Waals surface area contributed by atoms with Crippen molar-refractivity contribution in [2.45, 2.75) is 25.8 Å². The van der Waals surface area contributed by atoms with E-state index in [4.69, 9.17) is 4.74 Å². The van der Waals surface area contributed by atoms with Crippen molar-refractivity contribution >= 4 is 16.9 Å². The first-order chi connectivity index (χ1) is 13.2. The van der Waals surface area contributed by atoms with Crippen molar-refractivity contribution in [2.24, 2.45) is 0 Å². The lowest BCUT2D eigenvalue weighted by Crippen LogP contribution is -2.40. The number of nitrogens with zero attached hydrogens (tertiary/aromatic N) is 2. The zero-order chi connectivity index (χ0) is 18.8. The molecule has 1 aliphatic heterocycles. The van der Waals surface area contributed by atoms with Crippen LogP contribution in [-0.4, -0.2) is 40.1 Å². The number of hydrogen-bond donors (Lipinski definition) is 1. The standard InChI is InChI=1S/C21H23N3O3/c1-2-27-19-10-6-3-7-16(19)20(25)23-13-11-15(12-14-23)24-18-9-5-4-8-17(18)22-21(24)26/h3-10,15H,2,11-14H2,1H3,(H,22,26). The number of aromatic nitrogens is 2. The Morgan fingerprint density at radius 1 is 1.11 bits per heavy atom. The first-order valence-electron chi connectivity index (χ1n) is 9.39. The van der Waals surface area contributed by atoms with Crippen LogP contribution in [-0.2, 0) is 0 Å². The van der Waals surface area contributed by atoms with Crippen LogP contribution >= 0.6 is 0 Å². The van der Waals surface area contributed by atoms with Crippen LogP contribution in [0.1, 0.15) is 36.2 Å². The molecule has 3 aromatic rings. The Hall–Kier alpha value is -3.02. The molecule has 0 saturated carbocycles. The van der Waals surface area contributed by atoms with E-state index in [0.717, 1.165) is 23.9 Å². The van der Waals surface area contributed by atoms with Crippen molar-refractivity contribution in [3.8, 4) is 5.75 Å². The van der Waals surface area contributed by atoms with Crippen molar-refractivity contribution in [1.29, 1.82) is 0 Å². The maximum absolute atomic E-state index is 12.9. The van der Waals surface area contributed by atoms with Gasteiger partial charge in [-0.2, -0.15) is 0 Å². The van der Waals surface area contributed by atoms with E-state index in [0.29, 0.717) is 31.0 Å². The molecule has 1 saturated heterocycles. The molecule has 0 bridgehead atoms. The minimum absolute atomic E-state index is 0.0104. The highest BCUT2D eigenvalue weighted by atomic mass is 16.5. The molecule has 1 aliphatic rings. The van der Waals surface area contributed by atoms with Crippen LogP contribution in [0.3, 0.4) is 0 Å². The molecule has 27 heavy (non-hydrogen) atoms. The average molecular weight is 365 g/mol. The summed E-state index contributed by atoms with van der Waals surface area (Å²) in [5, 5.41) is 0. The van der Waals surface area contributed by atoms with Crippen molar-refractivity contribution in [3.05, 3.63) is 64.6 Å². The lowest BCUT2D eigenvalue weighted by molar-refractivity contribution is 0.0691.